The second-order valence-corrected chi connectivity index (χ2v) is 10.1. The third kappa shape index (κ3) is 6.28. The largest absolute Gasteiger partial charge is 0.368 e. The van der Waals surface area contributed by atoms with Crippen molar-refractivity contribution in [2.45, 2.75) is 0 Å². The molecule has 164 valence electrons. The normalized spacial score (nSPS) is 16.4. The zero-order chi connectivity index (χ0) is 21.3. The molecule has 2 aromatic heterocycles. The Bertz CT molecular complexity index is 1060. The fourth-order valence-corrected chi connectivity index (χ4v) is 6.10. The number of halogens is 1. The molecule has 4 heterocycles. The van der Waals surface area contributed by atoms with E-state index >= 15 is 0 Å². The van der Waals surface area contributed by atoms with Gasteiger partial charge < -0.3 is 20.9 Å². The van der Waals surface area contributed by atoms with E-state index in [9.17, 15) is 0 Å². The quantitative estimate of drug-likeness (QED) is 0.327. The minimum absolute atomic E-state index is 1.10. The minimum atomic E-state index is 1.10. The Hall–Kier alpha value is -1.48. The van der Waals surface area contributed by atoms with Crippen LogP contribution in [0.2, 0.25) is 0 Å². The van der Waals surface area contributed by atoms with Gasteiger partial charge in [0.25, 0.3) is 0 Å². The van der Waals surface area contributed by atoms with E-state index in [1.54, 1.807) is 11.3 Å². The van der Waals surface area contributed by atoms with Crippen LogP contribution in [0, 0.1) is 0 Å². The number of anilines is 1. The maximum atomic E-state index is 3.49. The Morgan fingerprint density at radius 3 is 1.81 bits per heavy atom. The van der Waals surface area contributed by atoms with E-state index in [0.717, 1.165) is 52.4 Å². The standard InChI is InChI=1S/C12H14N2S.C8H5BrS.C4H10N2/c1-2-10-4-9-15-12(10)11(3-1)14-7-5-13-6-8-14;9-7-3-1-2-6-4-5-10-8(6)7;1-2-6-4-3-5-1/h1-4,9,13H,5-8H2;1-5H;5-6H,1-4H2. The summed E-state index contributed by atoms with van der Waals surface area (Å²) < 4.78 is 3.96. The van der Waals surface area contributed by atoms with Crippen molar-refractivity contribution in [2.75, 3.05) is 57.3 Å². The highest BCUT2D eigenvalue weighted by Crippen LogP contribution is 2.31. The van der Waals surface area contributed by atoms with Gasteiger partial charge in [0.2, 0.25) is 0 Å². The van der Waals surface area contributed by atoms with E-state index in [4.69, 9.17) is 0 Å². The molecule has 2 saturated heterocycles. The molecule has 0 amide bonds. The number of benzene rings is 2. The molecule has 2 fully saturated rings. The highest BCUT2D eigenvalue weighted by molar-refractivity contribution is 9.10. The van der Waals surface area contributed by atoms with Gasteiger partial charge in [-0.2, -0.15) is 0 Å². The Morgan fingerprint density at radius 2 is 1.19 bits per heavy atom. The average Bonchev–Trinajstić information content (AvgIpc) is 3.52. The van der Waals surface area contributed by atoms with Gasteiger partial charge in [0.1, 0.15) is 0 Å². The molecular formula is C24H29BrN4S2. The van der Waals surface area contributed by atoms with Gasteiger partial charge in [-0.25, -0.2) is 0 Å². The lowest BCUT2D eigenvalue weighted by atomic mass is 10.2. The van der Waals surface area contributed by atoms with Gasteiger partial charge in [-0.15, -0.1) is 22.7 Å². The first-order valence-electron chi connectivity index (χ1n) is 10.8. The first-order valence-corrected chi connectivity index (χ1v) is 13.3. The van der Waals surface area contributed by atoms with Crippen LogP contribution in [0.1, 0.15) is 0 Å². The van der Waals surface area contributed by atoms with Crippen LogP contribution < -0.4 is 20.9 Å². The lowest BCUT2D eigenvalue weighted by molar-refractivity contribution is 0.534. The fraction of sp³-hybridized carbons (Fsp3) is 0.333. The monoisotopic (exact) mass is 516 g/mol. The van der Waals surface area contributed by atoms with Gasteiger partial charge in [0, 0.05) is 61.5 Å². The Kier molecular flexibility index (Phi) is 8.75. The van der Waals surface area contributed by atoms with E-state index < -0.39 is 0 Å². The Balaban J connectivity index is 0.000000124. The summed E-state index contributed by atoms with van der Waals surface area (Å²) in [5, 5.41) is 16.8. The molecule has 7 heteroatoms. The molecular weight excluding hydrogens is 488 g/mol. The van der Waals surface area contributed by atoms with Crippen LogP contribution >= 0.6 is 38.6 Å². The zero-order valence-corrected chi connectivity index (χ0v) is 20.8. The Labute approximate surface area is 200 Å². The Morgan fingerprint density at radius 1 is 0.645 bits per heavy atom. The van der Waals surface area contributed by atoms with Gasteiger partial charge in [-0.1, -0.05) is 24.3 Å². The van der Waals surface area contributed by atoms with Crippen molar-refractivity contribution in [1.82, 2.24) is 16.0 Å². The number of fused-ring (bicyclic) bond motifs is 2. The van der Waals surface area contributed by atoms with Gasteiger partial charge in [0.05, 0.1) is 10.4 Å². The molecule has 31 heavy (non-hydrogen) atoms. The molecule has 2 aliphatic heterocycles. The van der Waals surface area contributed by atoms with E-state index in [-0.39, 0.29) is 0 Å². The molecule has 0 atom stereocenters. The number of hydrogen-bond donors (Lipinski definition) is 3. The van der Waals surface area contributed by atoms with Crippen molar-refractivity contribution in [3.05, 3.63) is 63.8 Å². The van der Waals surface area contributed by atoms with Crippen molar-refractivity contribution in [2.24, 2.45) is 0 Å². The fourth-order valence-electron chi connectivity index (χ4n) is 3.69. The summed E-state index contributed by atoms with van der Waals surface area (Å²) >= 11 is 7.10. The van der Waals surface area contributed by atoms with Crippen LogP contribution in [0.3, 0.4) is 0 Å². The van der Waals surface area contributed by atoms with Gasteiger partial charge in [-0.05, 0) is 61.7 Å². The number of thiophene rings is 2. The molecule has 0 spiro atoms. The highest BCUT2D eigenvalue weighted by Gasteiger charge is 2.13. The molecule has 2 aromatic carbocycles. The van der Waals surface area contributed by atoms with Crippen LogP contribution in [0.4, 0.5) is 5.69 Å². The number of nitrogens with one attached hydrogen (secondary N) is 3. The molecule has 0 aliphatic carbocycles. The molecule has 0 saturated carbocycles. The molecule has 6 rings (SSSR count). The number of nitrogens with zero attached hydrogens (tertiary/aromatic N) is 1. The number of hydrogen-bond acceptors (Lipinski definition) is 6. The predicted octanol–water partition coefficient (Wildman–Crippen LogP) is 5.15. The maximum Gasteiger partial charge on any atom is 0.0576 e. The van der Waals surface area contributed by atoms with Gasteiger partial charge in [-0.3, -0.25) is 0 Å². The lowest BCUT2D eigenvalue weighted by Gasteiger charge is -2.29. The SMILES string of the molecule is Brc1cccc2ccsc12.C1CNCCN1.c1cc(N2CCNCC2)c2sccc2c1. The van der Waals surface area contributed by atoms with Crippen LogP contribution in [-0.4, -0.2) is 52.4 Å². The average molecular weight is 518 g/mol. The first-order chi connectivity index (χ1) is 15.3. The minimum Gasteiger partial charge on any atom is -0.368 e. The van der Waals surface area contributed by atoms with Crippen LogP contribution in [0.5, 0.6) is 0 Å². The summed E-state index contributed by atoms with van der Waals surface area (Å²) in [5.41, 5.74) is 1.41. The molecule has 0 radical (unpaired) electrons. The molecule has 0 bridgehead atoms. The maximum absolute atomic E-state index is 3.49. The smallest absolute Gasteiger partial charge is 0.0576 e. The topological polar surface area (TPSA) is 39.3 Å². The molecule has 4 aromatic rings. The summed E-state index contributed by atoms with van der Waals surface area (Å²) in [6.07, 6.45) is 0. The van der Waals surface area contributed by atoms with Crippen LogP contribution in [-0.2, 0) is 0 Å². The van der Waals surface area contributed by atoms with E-state index in [1.807, 2.05) is 11.3 Å². The van der Waals surface area contributed by atoms with Crippen molar-refractivity contribution in [1.29, 1.82) is 0 Å². The summed E-state index contributed by atoms with van der Waals surface area (Å²) in [6, 6.07) is 17.2. The van der Waals surface area contributed by atoms with Crippen molar-refractivity contribution < 1.29 is 0 Å². The van der Waals surface area contributed by atoms with Crippen molar-refractivity contribution >= 4 is 64.5 Å². The molecule has 0 unspecified atom stereocenters. The van der Waals surface area contributed by atoms with E-state index in [1.165, 1.54) is 30.3 Å². The summed E-state index contributed by atoms with van der Waals surface area (Å²) in [7, 11) is 0. The first kappa shape index (κ1) is 22.7. The molecule has 4 nitrogen and oxygen atoms in total. The van der Waals surface area contributed by atoms with Crippen molar-refractivity contribution in [3.8, 4) is 0 Å². The molecule has 3 N–H and O–H groups in total. The third-order valence-corrected chi connectivity index (χ3v) is 8.14. The molecule has 2 aliphatic rings. The van der Waals surface area contributed by atoms with Gasteiger partial charge >= 0.3 is 0 Å². The summed E-state index contributed by atoms with van der Waals surface area (Å²) in [4.78, 5) is 2.48. The second kappa shape index (κ2) is 11.9. The summed E-state index contributed by atoms with van der Waals surface area (Å²) in [6.45, 7) is 9.00. The summed E-state index contributed by atoms with van der Waals surface area (Å²) in [5.74, 6) is 0. The second-order valence-electron chi connectivity index (χ2n) is 7.43. The van der Waals surface area contributed by atoms with E-state index in [0.29, 0.717) is 0 Å². The van der Waals surface area contributed by atoms with Gasteiger partial charge in [0.15, 0.2) is 0 Å². The predicted molar refractivity (Wildman–Crippen MR) is 142 cm³/mol. The zero-order valence-electron chi connectivity index (χ0n) is 17.6. The highest BCUT2D eigenvalue weighted by atomic mass is 79.9. The van der Waals surface area contributed by atoms with Crippen LogP contribution in [0.15, 0.2) is 63.8 Å². The third-order valence-electron chi connectivity index (χ3n) is 5.30. The number of rotatable bonds is 1. The number of piperazine rings is 2. The van der Waals surface area contributed by atoms with E-state index in [2.05, 4.69) is 96.1 Å². The van der Waals surface area contributed by atoms with Crippen LogP contribution in [0.25, 0.3) is 20.2 Å². The van der Waals surface area contributed by atoms with Crippen molar-refractivity contribution in [3.63, 3.8) is 0 Å². The lowest BCUT2D eigenvalue weighted by Crippen LogP contribution is -2.43.